The number of nitrogens with zero attached hydrogens (tertiary/aromatic N) is 2. The molecule has 0 aliphatic carbocycles. The molecule has 8 heteroatoms. The Morgan fingerprint density at radius 2 is 1.82 bits per heavy atom. The summed E-state index contributed by atoms with van der Waals surface area (Å²) in [4.78, 5) is 17.7. The third kappa shape index (κ3) is 5.86. The average molecular weight is 424 g/mol. The highest BCUT2D eigenvalue weighted by Crippen LogP contribution is 2.25. The van der Waals surface area contributed by atoms with Gasteiger partial charge < -0.3 is 5.32 Å². The number of hydrogen-bond donors (Lipinski definition) is 1. The fourth-order valence-corrected chi connectivity index (χ4v) is 4.90. The molecular formula is C20H29N3O3S2. The standard InChI is InChI=1S/C20H29N3O3S2/c1-14(2)12-23(13-18(24)22-19-21-11-15(3)27-19)28(25,26)17-9-7-16(8-10-17)20(4,5)6/h7-11,14H,12-13H2,1-6H3,(H,21,22,24). The van der Waals surface area contributed by atoms with Crippen molar-refractivity contribution in [3.05, 3.63) is 40.9 Å². The van der Waals surface area contributed by atoms with Crippen molar-refractivity contribution >= 4 is 32.4 Å². The van der Waals surface area contributed by atoms with Gasteiger partial charge in [-0.25, -0.2) is 13.4 Å². The molecule has 1 aromatic carbocycles. The number of benzene rings is 1. The van der Waals surface area contributed by atoms with Gasteiger partial charge in [-0.2, -0.15) is 4.31 Å². The van der Waals surface area contributed by atoms with E-state index in [2.05, 4.69) is 31.1 Å². The molecule has 0 unspecified atom stereocenters. The van der Waals surface area contributed by atoms with Gasteiger partial charge in [0.1, 0.15) is 0 Å². The molecule has 0 aliphatic heterocycles. The number of carbonyl (C=O) groups is 1. The highest BCUT2D eigenvalue weighted by Gasteiger charge is 2.28. The van der Waals surface area contributed by atoms with Crippen molar-refractivity contribution in [1.82, 2.24) is 9.29 Å². The van der Waals surface area contributed by atoms with Crippen molar-refractivity contribution in [2.24, 2.45) is 5.92 Å². The van der Waals surface area contributed by atoms with Gasteiger partial charge in [0.15, 0.2) is 5.13 Å². The first-order valence-corrected chi connectivity index (χ1v) is 11.5. The first-order valence-electron chi connectivity index (χ1n) is 9.22. The molecule has 0 aliphatic rings. The van der Waals surface area contributed by atoms with Crippen molar-refractivity contribution in [1.29, 1.82) is 0 Å². The van der Waals surface area contributed by atoms with Crippen LogP contribution in [0.15, 0.2) is 35.4 Å². The lowest BCUT2D eigenvalue weighted by Crippen LogP contribution is -2.40. The summed E-state index contributed by atoms with van der Waals surface area (Å²) >= 11 is 1.35. The maximum absolute atomic E-state index is 13.2. The van der Waals surface area contributed by atoms with E-state index in [9.17, 15) is 13.2 Å². The lowest BCUT2D eigenvalue weighted by atomic mass is 9.87. The molecule has 28 heavy (non-hydrogen) atoms. The van der Waals surface area contributed by atoms with Crippen LogP contribution in [0.3, 0.4) is 0 Å². The Morgan fingerprint density at radius 1 is 1.21 bits per heavy atom. The van der Waals surface area contributed by atoms with Crippen molar-refractivity contribution in [3.8, 4) is 0 Å². The van der Waals surface area contributed by atoms with Crippen LogP contribution >= 0.6 is 11.3 Å². The Bertz CT molecular complexity index is 911. The number of rotatable bonds is 7. The van der Waals surface area contributed by atoms with Crippen LogP contribution in [0.1, 0.15) is 45.1 Å². The second-order valence-electron chi connectivity index (χ2n) is 8.29. The predicted octanol–water partition coefficient (Wildman–Crippen LogP) is 4.03. The van der Waals surface area contributed by atoms with Gasteiger partial charge >= 0.3 is 0 Å². The molecular weight excluding hydrogens is 394 g/mol. The van der Waals surface area contributed by atoms with Gasteiger partial charge in [-0.05, 0) is 36.0 Å². The molecule has 0 radical (unpaired) electrons. The number of thiazole rings is 1. The SMILES string of the molecule is Cc1cnc(NC(=O)CN(CC(C)C)S(=O)(=O)c2ccc(C(C)(C)C)cc2)s1. The average Bonchev–Trinajstić information content (AvgIpc) is 2.98. The van der Waals surface area contributed by atoms with Crippen LogP contribution in [-0.4, -0.2) is 36.7 Å². The smallest absolute Gasteiger partial charge is 0.243 e. The van der Waals surface area contributed by atoms with E-state index in [1.807, 2.05) is 32.9 Å². The second kappa shape index (κ2) is 8.71. The van der Waals surface area contributed by atoms with Crippen LogP contribution in [0.2, 0.25) is 0 Å². The monoisotopic (exact) mass is 423 g/mol. The molecule has 0 fully saturated rings. The summed E-state index contributed by atoms with van der Waals surface area (Å²) in [6, 6.07) is 6.90. The van der Waals surface area contributed by atoms with Crippen LogP contribution in [0.4, 0.5) is 5.13 Å². The number of aryl methyl sites for hydroxylation is 1. The summed E-state index contributed by atoms with van der Waals surface area (Å²) < 4.78 is 27.5. The molecule has 0 saturated carbocycles. The number of amides is 1. The lowest BCUT2D eigenvalue weighted by molar-refractivity contribution is -0.116. The highest BCUT2D eigenvalue weighted by molar-refractivity contribution is 7.89. The van der Waals surface area contributed by atoms with E-state index in [1.54, 1.807) is 18.3 Å². The molecule has 1 amide bonds. The Hall–Kier alpha value is -1.77. The van der Waals surface area contributed by atoms with Crippen LogP contribution in [-0.2, 0) is 20.2 Å². The van der Waals surface area contributed by atoms with E-state index in [1.165, 1.54) is 15.6 Å². The quantitative estimate of drug-likeness (QED) is 0.729. The van der Waals surface area contributed by atoms with Crippen molar-refractivity contribution in [3.63, 3.8) is 0 Å². The first kappa shape index (κ1) is 22.5. The lowest BCUT2D eigenvalue weighted by Gasteiger charge is -2.24. The topological polar surface area (TPSA) is 79.4 Å². The third-order valence-corrected chi connectivity index (χ3v) is 6.77. The van der Waals surface area contributed by atoms with Crippen LogP contribution in [0.25, 0.3) is 0 Å². The van der Waals surface area contributed by atoms with Crippen molar-refractivity contribution < 1.29 is 13.2 Å². The Morgan fingerprint density at radius 3 is 2.29 bits per heavy atom. The molecule has 2 rings (SSSR count). The van der Waals surface area contributed by atoms with Gasteiger partial charge in [0.2, 0.25) is 15.9 Å². The highest BCUT2D eigenvalue weighted by atomic mass is 32.2. The van der Waals surface area contributed by atoms with Crippen LogP contribution in [0, 0.1) is 12.8 Å². The normalized spacial score (nSPS) is 12.6. The van der Waals surface area contributed by atoms with E-state index in [0.717, 1.165) is 10.4 Å². The second-order valence-corrected chi connectivity index (χ2v) is 11.5. The molecule has 1 N–H and O–H groups in total. The predicted molar refractivity (Wildman–Crippen MR) is 114 cm³/mol. The zero-order valence-corrected chi connectivity index (χ0v) is 18.9. The maximum Gasteiger partial charge on any atom is 0.243 e. The number of nitrogens with one attached hydrogen (secondary N) is 1. The summed E-state index contributed by atoms with van der Waals surface area (Å²) in [6.45, 7) is 12.0. The molecule has 154 valence electrons. The number of carbonyl (C=O) groups excluding carboxylic acids is 1. The minimum Gasteiger partial charge on any atom is -0.301 e. The Balaban J connectivity index is 2.23. The fraction of sp³-hybridized carbons (Fsp3) is 0.500. The number of aromatic nitrogens is 1. The van der Waals surface area contributed by atoms with Gasteiger partial charge in [0.05, 0.1) is 11.4 Å². The van der Waals surface area contributed by atoms with Crippen molar-refractivity contribution in [2.45, 2.75) is 51.9 Å². The molecule has 6 nitrogen and oxygen atoms in total. The molecule has 1 heterocycles. The van der Waals surface area contributed by atoms with Crippen molar-refractivity contribution in [2.75, 3.05) is 18.4 Å². The molecule has 0 bridgehead atoms. The molecule has 0 atom stereocenters. The zero-order valence-electron chi connectivity index (χ0n) is 17.3. The van der Waals surface area contributed by atoms with Gasteiger partial charge in [-0.15, -0.1) is 11.3 Å². The minimum atomic E-state index is -3.79. The molecule has 1 aromatic heterocycles. The Kier molecular flexibility index (Phi) is 7.01. The van der Waals surface area contributed by atoms with E-state index in [4.69, 9.17) is 0 Å². The number of sulfonamides is 1. The minimum absolute atomic E-state index is 0.0639. The van der Waals surface area contributed by atoms with Gasteiger partial charge in [-0.1, -0.05) is 46.8 Å². The van der Waals surface area contributed by atoms with E-state index < -0.39 is 15.9 Å². The fourth-order valence-electron chi connectivity index (χ4n) is 2.66. The zero-order chi connectivity index (χ0) is 21.1. The van der Waals surface area contributed by atoms with E-state index in [-0.39, 0.29) is 29.3 Å². The van der Waals surface area contributed by atoms with Crippen LogP contribution in [0.5, 0.6) is 0 Å². The third-order valence-electron chi connectivity index (χ3n) is 4.11. The van der Waals surface area contributed by atoms with Gasteiger partial charge in [0.25, 0.3) is 0 Å². The number of anilines is 1. The Labute approximate surface area is 172 Å². The van der Waals surface area contributed by atoms with E-state index in [0.29, 0.717) is 5.13 Å². The summed E-state index contributed by atoms with van der Waals surface area (Å²) in [6.07, 6.45) is 1.67. The maximum atomic E-state index is 13.2. The molecule has 0 spiro atoms. The van der Waals surface area contributed by atoms with Gasteiger partial charge in [0, 0.05) is 17.6 Å². The molecule has 2 aromatic rings. The van der Waals surface area contributed by atoms with Crippen LogP contribution < -0.4 is 5.32 Å². The molecule has 0 saturated heterocycles. The summed E-state index contributed by atoms with van der Waals surface area (Å²) in [5.41, 5.74) is 0.991. The summed E-state index contributed by atoms with van der Waals surface area (Å²) in [5.74, 6) is -0.316. The summed E-state index contributed by atoms with van der Waals surface area (Å²) in [7, 11) is -3.79. The first-order chi connectivity index (χ1) is 12.9. The van der Waals surface area contributed by atoms with E-state index >= 15 is 0 Å². The number of hydrogen-bond acceptors (Lipinski definition) is 5. The summed E-state index contributed by atoms with van der Waals surface area (Å²) in [5, 5.41) is 3.15. The largest absolute Gasteiger partial charge is 0.301 e. The van der Waals surface area contributed by atoms with Gasteiger partial charge in [-0.3, -0.25) is 4.79 Å².